The molecule has 1 aromatic heterocycles. The van der Waals surface area contributed by atoms with Crippen molar-refractivity contribution in [3.05, 3.63) is 77.9 Å². The number of anilines is 2. The fraction of sp³-hybridized carbons (Fsp3) is 0. The summed E-state index contributed by atoms with van der Waals surface area (Å²) in [5.41, 5.74) is 1.27. The Morgan fingerprint density at radius 3 is 2.65 bits per heavy atom. The van der Waals surface area contributed by atoms with Gasteiger partial charge in [-0.05, 0) is 36.4 Å². The highest BCUT2D eigenvalue weighted by molar-refractivity contribution is 7.99. The van der Waals surface area contributed by atoms with Gasteiger partial charge in [-0.1, -0.05) is 23.9 Å². The van der Waals surface area contributed by atoms with Gasteiger partial charge in [0.1, 0.15) is 5.82 Å². The number of benzene rings is 2. The van der Waals surface area contributed by atoms with Crippen molar-refractivity contribution in [1.29, 1.82) is 0 Å². The molecule has 0 bridgehead atoms. The number of aromatic nitrogens is 1. The normalized spacial score (nSPS) is 12.4. The number of carbonyl (C=O) groups is 2. The zero-order valence-electron chi connectivity index (χ0n) is 13.3. The molecule has 0 atom stereocenters. The molecule has 1 aliphatic heterocycles. The van der Waals surface area contributed by atoms with Gasteiger partial charge in [-0.3, -0.25) is 14.6 Å². The van der Waals surface area contributed by atoms with Gasteiger partial charge in [0.15, 0.2) is 0 Å². The van der Waals surface area contributed by atoms with Crippen molar-refractivity contribution in [3.8, 4) is 0 Å². The van der Waals surface area contributed by atoms with Crippen molar-refractivity contribution in [2.75, 3.05) is 10.6 Å². The lowest BCUT2D eigenvalue weighted by Crippen LogP contribution is -2.16. The van der Waals surface area contributed by atoms with E-state index in [1.807, 2.05) is 6.07 Å². The number of fused-ring (bicyclic) bond motifs is 2. The Hall–Kier alpha value is -3.19. The maximum atomic E-state index is 14.5. The van der Waals surface area contributed by atoms with Crippen LogP contribution < -0.4 is 10.6 Å². The molecular weight excluding hydrogens is 353 g/mol. The highest BCUT2D eigenvalue weighted by Gasteiger charge is 2.23. The third-order valence-corrected chi connectivity index (χ3v) is 4.99. The molecule has 2 amide bonds. The standard InChI is InChI=1S/C19H12FN3O2S/c20-14-10-17-15(23-18(24)12-3-1-2-4-16(12)26-17)9-13(14)19(25)22-11-5-7-21-8-6-11/h1-10H,(H,23,24)(H,21,22,25). The van der Waals surface area contributed by atoms with Gasteiger partial charge in [0.05, 0.1) is 16.8 Å². The molecule has 4 rings (SSSR count). The van der Waals surface area contributed by atoms with Crippen molar-refractivity contribution < 1.29 is 14.0 Å². The fourth-order valence-corrected chi connectivity index (χ4v) is 3.63. The topological polar surface area (TPSA) is 71.1 Å². The molecule has 26 heavy (non-hydrogen) atoms. The number of nitrogens with zero attached hydrogens (tertiary/aromatic N) is 1. The molecule has 0 saturated heterocycles. The first kappa shape index (κ1) is 16.3. The van der Waals surface area contributed by atoms with Crippen LogP contribution in [0.2, 0.25) is 0 Å². The van der Waals surface area contributed by atoms with Crippen LogP contribution in [0, 0.1) is 5.82 Å². The van der Waals surface area contributed by atoms with E-state index in [9.17, 15) is 14.0 Å². The van der Waals surface area contributed by atoms with E-state index in [1.165, 1.54) is 36.3 Å². The average molecular weight is 365 g/mol. The zero-order chi connectivity index (χ0) is 18.1. The van der Waals surface area contributed by atoms with Crippen molar-refractivity contribution in [3.63, 3.8) is 0 Å². The second-order valence-electron chi connectivity index (χ2n) is 5.57. The van der Waals surface area contributed by atoms with E-state index in [0.29, 0.717) is 21.8 Å². The summed E-state index contributed by atoms with van der Waals surface area (Å²) in [4.78, 5) is 30.0. The van der Waals surface area contributed by atoms with E-state index >= 15 is 0 Å². The molecule has 0 aliphatic carbocycles. The molecule has 1 aliphatic rings. The number of carbonyl (C=O) groups excluding carboxylic acids is 2. The van der Waals surface area contributed by atoms with Crippen molar-refractivity contribution in [1.82, 2.24) is 4.98 Å². The van der Waals surface area contributed by atoms with E-state index in [1.54, 1.807) is 30.3 Å². The predicted molar refractivity (Wildman–Crippen MR) is 97.1 cm³/mol. The summed E-state index contributed by atoms with van der Waals surface area (Å²) in [7, 11) is 0. The molecule has 0 spiro atoms. The Labute approximate surface area is 152 Å². The molecule has 7 heteroatoms. The van der Waals surface area contributed by atoms with Crippen LogP contribution in [0.15, 0.2) is 70.7 Å². The van der Waals surface area contributed by atoms with Gasteiger partial charge >= 0.3 is 0 Å². The summed E-state index contributed by atoms with van der Waals surface area (Å²) in [5.74, 6) is -1.55. The molecule has 2 aromatic carbocycles. The van der Waals surface area contributed by atoms with E-state index in [0.717, 1.165) is 4.90 Å². The van der Waals surface area contributed by atoms with E-state index in [2.05, 4.69) is 15.6 Å². The fourth-order valence-electron chi connectivity index (χ4n) is 2.60. The molecule has 128 valence electrons. The Balaban J connectivity index is 1.70. The predicted octanol–water partition coefficient (Wildman–Crippen LogP) is 4.19. The molecule has 2 heterocycles. The SMILES string of the molecule is O=C(Nc1ccncc1)c1cc2c(cc1F)Sc1ccccc1C(=O)N2. The molecule has 0 radical (unpaired) electrons. The molecule has 0 unspecified atom stereocenters. The largest absolute Gasteiger partial charge is 0.322 e. The maximum Gasteiger partial charge on any atom is 0.258 e. The molecule has 0 fully saturated rings. The number of rotatable bonds is 2. The highest BCUT2D eigenvalue weighted by Crippen LogP contribution is 2.39. The summed E-state index contributed by atoms with van der Waals surface area (Å²) < 4.78 is 14.5. The van der Waals surface area contributed by atoms with Crippen molar-refractivity contribution in [2.24, 2.45) is 0 Å². The van der Waals surface area contributed by atoms with Gasteiger partial charge < -0.3 is 10.6 Å². The molecule has 2 N–H and O–H groups in total. The second kappa shape index (κ2) is 6.61. The van der Waals surface area contributed by atoms with Gasteiger partial charge in [-0.25, -0.2) is 4.39 Å². The Kier molecular flexibility index (Phi) is 4.14. The highest BCUT2D eigenvalue weighted by atomic mass is 32.2. The lowest BCUT2D eigenvalue weighted by atomic mass is 10.1. The summed E-state index contributed by atoms with van der Waals surface area (Å²) >= 11 is 1.28. The van der Waals surface area contributed by atoms with Crippen LogP contribution in [-0.2, 0) is 0 Å². The van der Waals surface area contributed by atoms with Crippen LogP contribution in [-0.4, -0.2) is 16.8 Å². The van der Waals surface area contributed by atoms with Gasteiger partial charge in [0.2, 0.25) is 0 Å². The number of nitrogens with one attached hydrogen (secondary N) is 2. The summed E-state index contributed by atoms with van der Waals surface area (Å²) in [6.07, 6.45) is 3.05. The second-order valence-corrected chi connectivity index (χ2v) is 6.65. The van der Waals surface area contributed by atoms with E-state index in [4.69, 9.17) is 0 Å². The van der Waals surface area contributed by atoms with E-state index in [-0.39, 0.29) is 11.5 Å². The Morgan fingerprint density at radius 1 is 1.08 bits per heavy atom. The number of halogens is 1. The van der Waals surface area contributed by atoms with Crippen LogP contribution in [0.3, 0.4) is 0 Å². The number of hydrogen-bond acceptors (Lipinski definition) is 4. The number of amides is 2. The van der Waals surface area contributed by atoms with Crippen molar-refractivity contribution >= 4 is 35.0 Å². The molecule has 5 nitrogen and oxygen atoms in total. The van der Waals surface area contributed by atoms with Gasteiger partial charge in [-0.2, -0.15) is 0 Å². The van der Waals surface area contributed by atoms with Crippen LogP contribution in [0.25, 0.3) is 0 Å². The van der Waals surface area contributed by atoms with Crippen LogP contribution in [0.4, 0.5) is 15.8 Å². The molecular formula is C19H12FN3O2S. The van der Waals surface area contributed by atoms with Crippen LogP contribution >= 0.6 is 11.8 Å². The number of hydrogen-bond donors (Lipinski definition) is 2. The lowest BCUT2D eigenvalue weighted by Gasteiger charge is -2.11. The Morgan fingerprint density at radius 2 is 1.85 bits per heavy atom. The first-order valence-electron chi connectivity index (χ1n) is 7.75. The third-order valence-electron chi connectivity index (χ3n) is 3.85. The lowest BCUT2D eigenvalue weighted by molar-refractivity contribution is 0.101. The minimum absolute atomic E-state index is 0.146. The van der Waals surface area contributed by atoms with Crippen molar-refractivity contribution in [2.45, 2.75) is 9.79 Å². The maximum absolute atomic E-state index is 14.5. The average Bonchev–Trinajstić information content (AvgIpc) is 2.77. The minimum Gasteiger partial charge on any atom is -0.322 e. The first-order chi connectivity index (χ1) is 12.6. The quantitative estimate of drug-likeness (QED) is 0.714. The van der Waals surface area contributed by atoms with Gasteiger partial charge in [0.25, 0.3) is 11.8 Å². The smallest absolute Gasteiger partial charge is 0.258 e. The first-order valence-corrected chi connectivity index (χ1v) is 8.56. The summed E-state index contributed by atoms with van der Waals surface area (Å²) in [6, 6.07) is 12.9. The third kappa shape index (κ3) is 3.04. The Bertz CT molecular complexity index is 1020. The van der Waals surface area contributed by atoms with Gasteiger partial charge in [-0.15, -0.1) is 0 Å². The minimum atomic E-state index is -0.656. The molecule has 0 saturated carbocycles. The molecule has 3 aromatic rings. The summed E-state index contributed by atoms with van der Waals surface area (Å²) in [6.45, 7) is 0. The summed E-state index contributed by atoms with van der Waals surface area (Å²) in [5, 5.41) is 5.36. The van der Waals surface area contributed by atoms with Crippen LogP contribution in [0.5, 0.6) is 0 Å². The van der Waals surface area contributed by atoms with Gasteiger partial charge in [0, 0.05) is 27.9 Å². The number of pyridine rings is 1. The monoisotopic (exact) mass is 365 g/mol. The van der Waals surface area contributed by atoms with Crippen LogP contribution in [0.1, 0.15) is 20.7 Å². The zero-order valence-corrected chi connectivity index (χ0v) is 14.1. The van der Waals surface area contributed by atoms with E-state index < -0.39 is 11.7 Å².